The van der Waals surface area contributed by atoms with Gasteiger partial charge in [0.1, 0.15) is 12.6 Å². The van der Waals surface area contributed by atoms with Gasteiger partial charge in [0, 0.05) is 6.04 Å². The van der Waals surface area contributed by atoms with Crippen molar-refractivity contribution in [3.8, 4) is 0 Å². The summed E-state index contributed by atoms with van der Waals surface area (Å²) in [4.78, 5) is 12.1. The molecule has 3 atom stereocenters. The first kappa shape index (κ1) is 12.7. The largest absolute Gasteiger partial charge is 0.460 e. The molecule has 0 bridgehead atoms. The van der Waals surface area contributed by atoms with Crippen molar-refractivity contribution < 1.29 is 9.53 Å². The number of rotatable bonds is 3. The molecular weight excluding hydrogens is 238 g/mol. The minimum absolute atomic E-state index is 0.0850. The Labute approximate surface area is 114 Å². The maximum Gasteiger partial charge on any atom is 0.323 e. The van der Waals surface area contributed by atoms with Crippen LogP contribution in [0.4, 0.5) is 0 Å². The van der Waals surface area contributed by atoms with Crippen molar-refractivity contribution in [1.29, 1.82) is 0 Å². The minimum Gasteiger partial charge on any atom is -0.460 e. The number of esters is 1. The van der Waals surface area contributed by atoms with Crippen LogP contribution in [0.15, 0.2) is 30.3 Å². The van der Waals surface area contributed by atoms with E-state index in [-0.39, 0.29) is 12.0 Å². The van der Waals surface area contributed by atoms with E-state index in [9.17, 15) is 4.79 Å². The van der Waals surface area contributed by atoms with Gasteiger partial charge in [0.15, 0.2) is 0 Å². The van der Waals surface area contributed by atoms with E-state index in [2.05, 4.69) is 5.32 Å². The van der Waals surface area contributed by atoms with Gasteiger partial charge in [0.05, 0.1) is 0 Å². The first-order chi connectivity index (χ1) is 9.33. The van der Waals surface area contributed by atoms with Crippen molar-refractivity contribution in [3.63, 3.8) is 0 Å². The van der Waals surface area contributed by atoms with E-state index in [0.29, 0.717) is 18.6 Å². The molecule has 19 heavy (non-hydrogen) atoms. The Morgan fingerprint density at radius 2 is 2.00 bits per heavy atom. The highest BCUT2D eigenvalue weighted by molar-refractivity contribution is 5.76. The van der Waals surface area contributed by atoms with Gasteiger partial charge in [-0.05, 0) is 30.7 Å². The van der Waals surface area contributed by atoms with Crippen molar-refractivity contribution >= 4 is 5.97 Å². The fourth-order valence-corrected chi connectivity index (χ4v) is 3.33. The second-order valence-electron chi connectivity index (χ2n) is 5.70. The zero-order valence-corrected chi connectivity index (χ0v) is 11.2. The van der Waals surface area contributed by atoms with Gasteiger partial charge >= 0.3 is 5.97 Å². The summed E-state index contributed by atoms with van der Waals surface area (Å²) in [6, 6.07) is 10.3. The fourth-order valence-electron chi connectivity index (χ4n) is 3.33. The number of carbonyl (C=O) groups excluding carboxylic acids is 1. The van der Waals surface area contributed by atoms with E-state index < -0.39 is 0 Å². The monoisotopic (exact) mass is 259 g/mol. The maximum absolute atomic E-state index is 12.1. The van der Waals surface area contributed by atoms with Crippen LogP contribution < -0.4 is 5.32 Å². The molecule has 102 valence electrons. The molecule has 3 heteroatoms. The molecule has 1 saturated heterocycles. The summed E-state index contributed by atoms with van der Waals surface area (Å²) >= 11 is 0. The number of fused-ring (bicyclic) bond motifs is 1. The Bertz CT molecular complexity index is 418. The number of carbonyl (C=O) groups is 1. The molecule has 0 aromatic heterocycles. The Morgan fingerprint density at radius 1 is 1.21 bits per heavy atom. The van der Waals surface area contributed by atoms with Crippen LogP contribution in [0, 0.1) is 5.92 Å². The molecule has 0 amide bonds. The second kappa shape index (κ2) is 5.74. The van der Waals surface area contributed by atoms with Crippen LogP contribution in [-0.4, -0.2) is 18.1 Å². The summed E-state index contributed by atoms with van der Waals surface area (Å²) in [5.41, 5.74) is 1.05. The topological polar surface area (TPSA) is 38.3 Å². The van der Waals surface area contributed by atoms with Crippen molar-refractivity contribution in [2.75, 3.05) is 0 Å². The van der Waals surface area contributed by atoms with Crippen LogP contribution in [-0.2, 0) is 16.1 Å². The zero-order chi connectivity index (χ0) is 13.1. The molecule has 1 unspecified atom stereocenters. The molecule has 1 aromatic carbocycles. The number of hydrogen-bond acceptors (Lipinski definition) is 3. The molecule has 1 N–H and O–H groups in total. The summed E-state index contributed by atoms with van der Waals surface area (Å²) in [6.45, 7) is 0.382. The molecule has 3 nitrogen and oxygen atoms in total. The predicted molar refractivity (Wildman–Crippen MR) is 73.5 cm³/mol. The summed E-state index contributed by atoms with van der Waals surface area (Å²) in [6.07, 6.45) is 6.04. The standard InChI is InChI=1S/C16H21NO2/c18-16(19-11-12-6-2-1-3-7-12)15-10-13-8-4-5-9-14(13)17-15/h1-3,6-7,13-15,17H,4-5,8-11H2/t13-,14-,15?/m0/s1. The molecular formula is C16H21NO2. The van der Waals surface area contributed by atoms with Gasteiger partial charge in [-0.3, -0.25) is 4.79 Å². The van der Waals surface area contributed by atoms with E-state index in [0.717, 1.165) is 12.0 Å². The van der Waals surface area contributed by atoms with Gasteiger partial charge in [0.2, 0.25) is 0 Å². The van der Waals surface area contributed by atoms with Gasteiger partial charge in [-0.25, -0.2) is 0 Å². The normalized spacial score (nSPS) is 29.8. The van der Waals surface area contributed by atoms with Gasteiger partial charge in [-0.1, -0.05) is 43.2 Å². The highest BCUT2D eigenvalue weighted by Crippen LogP contribution is 2.33. The van der Waals surface area contributed by atoms with Crippen LogP contribution in [0.2, 0.25) is 0 Å². The zero-order valence-electron chi connectivity index (χ0n) is 11.2. The lowest BCUT2D eigenvalue weighted by molar-refractivity contribution is -0.147. The molecule has 1 heterocycles. The lowest BCUT2D eigenvalue weighted by Crippen LogP contribution is -2.37. The predicted octanol–water partition coefficient (Wildman–Crippen LogP) is 2.65. The molecule has 2 aliphatic rings. The van der Waals surface area contributed by atoms with Crippen molar-refractivity contribution in [1.82, 2.24) is 5.32 Å². The smallest absolute Gasteiger partial charge is 0.323 e. The number of benzene rings is 1. The molecule has 3 rings (SSSR count). The summed E-state index contributed by atoms with van der Waals surface area (Å²) < 4.78 is 5.42. The van der Waals surface area contributed by atoms with E-state index >= 15 is 0 Å². The number of ether oxygens (including phenoxy) is 1. The fraction of sp³-hybridized carbons (Fsp3) is 0.562. The third kappa shape index (κ3) is 2.98. The first-order valence-electron chi connectivity index (χ1n) is 7.29. The van der Waals surface area contributed by atoms with Crippen LogP contribution in [0.3, 0.4) is 0 Å². The minimum atomic E-state index is -0.0863. The van der Waals surface area contributed by atoms with Gasteiger partial charge in [-0.15, -0.1) is 0 Å². The Hall–Kier alpha value is -1.35. The van der Waals surface area contributed by atoms with Crippen LogP contribution in [0.1, 0.15) is 37.7 Å². The van der Waals surface area contributed by atoms with Crippen molar-refractivity contribution in [2.24, 2.45) is 5.92 Å². The summed E-state index contributed by atoms with van der Waals surface area (Å²) in [5.74, 6) is 0.598. The average Bonchev–Trinajstić information content (AvgIpc) is 2.90. The molecule has 2 fully saturated rings. The Kier molecular flexibility index (Phi) is 3.83. The lowest BCUT2D eigenvalue weighted by atomic mass is 9.85. The van der Waals surface area contributed by atoms with E-state index in [4.69, 9.17) is 4.74 Å². The maximum atomic E-state index is 12.1. The van der Waals surface area contributed by atoms with Crippen LogP contribution >= 0.6 is 0 Å². The van der Waals surface area contributed by atoms with Crippen LogP contribution in [0.5, 0.6) is 0 Å². The van der Waals surface area contributed by atoms with Gasteiger partial charge < -0.3 is 10.1 Å². The van der Waals surface area contributed by atoms with Crippen LogP contribution in [0.25, 0.3) is 0 Å². The molecule has 1 saturated carbocycles. The first-order valence-corrected chi connectivity index (χ1v) is 7.29. The van der Waals surface area contributed by atoms with E-state index in [1.54, 1.807) is 0 Å². The third-order valence-corrected chi connectivity index (χ3v) is 4.37. The van der Waals surface area contributed by atoms with Crippen molar-refractivity contribution in [3.05, 3.63) is 35.9 Å². The number of nitrogens with one attached hydrogen (secondary N) is 1. The molecule has 1 aliphatic heterocycles. The highest BCUT2D eigenvalue weighted by atomic mass is 16.5. The Balaban J connectivity index is 1.51. The average molecular weight is 259 g/mol. The lowest BCUT2D eigenvalue weighted by Gasteiger charge is -2.24. The molecule has 0 radical (unpaired) electrons. The number of hydrogen-bond donors (Lipinski definition) is 1. The van der Waals surface area contributed by atoms with Gasteiger partial charge in [0.25, 0.3) is 0 Å². The second-order valence-corrected chi connectivity index (χ2v) is 5.70. The molecule has 1 aliphatic carbocycles. The summed E-state index contributed by atoms with van der Waals surface area (Å²) in [5, 5.41) is 3.45. The van der Waals surface area contributed by atoms with E-state index in [1.807, 2.05) is 30.3 Å². The molecule has 0 spiro atoms. The SMILES string of the molecule is O=C(OCc1ccccc1)C1C[C@@H]2CCCC[C@@H]2N1. The summed E-state index contributed by atoms with van der Waals surface area (Å²) in [7, 11) is 0. The van der Waals surface area contributed by atoms with E-state index in [1.165, 1.54) is 25.7 Å². The van der Waals surface area contributed by atoms with Gasteiger partial charge in [-0.2, -0.15) is 0 Å². The quantitative estimate of drug-likeness (QED) is 0.848. The highest BCUT2D eigenvalue weighted by Gasteiger charge is 2.38. The third-order valence-electron chi connectivity index (χ3n) is 4.37. The van der Waals surface area contributed by atoms with Crippen molar-refractivity contribution in [2.45, 2.75) is 50.8 Å². The Morgan fingerprint density at radius 3 is 2.79 bits per heavy atom. The molecule has 1 aromatic rings.